The quantitative estimate of drug-likeness (QED) is 0.858. The molecule has 0 aliphatic carbocycles. The van der Waals surface area contributed by atoms with Crippen LogP contribution in [0.2, 0.25) is 0 Å². The van der Waals surface area contributed by atoms with Gasteiger partial charge in [-0.15, -0.1) is 12.4 Å². The zero-order valence-corrected chi connectivity index (χ0v) is 15.7. The number of aryl methyl sites for hydroxylation is 1. The summed E-state index contributed by atoms with van der Waals surface area (Å²) in [7, 11) is 1.66. The third kappa shape index (κ3) is 5.14. The van der Waals surface area contributed by atoms with Crippen LogP contribution in [0.3, 0.4) is 0 Å². The topological polar surface area (TPSA) is 41.6 Å². The van der Waals surface area contributed by atoms with E-state index in [4.69, 9.17) is 4.74 Å². The number of carbonyl (C=O) groups is 1. The van der Waals surface area contributed by atoms with Crippen LogP contribution < -0.4 is 10.1 Å². The fourth-order valence-electron chi connectivity index (χ4n) is 2.87. The van der Waals surface area contributed by atoms with Gasteiger partial charge in [0.05, 0.1) is 7.11 Å². The first-order valence-corrected chi connectivity index (χ1v) is 8.15. The molecule has 4 nitrogen and oxygen atoms in total. The Hall–Kier alpha value is -0.780. The van der Waals surface area contributed by atoms with Gasteiger partial charge >= 0.3 is 0 Å². The second kappa shape index (κ2) is 8.75. The van der Waals surface area contributed by atoms with Crippen molar-refractivity contribution in [1.29, 1.82) is 0 Å². The van der Waals surface area contributed by atoms with Gasteiger partial charge in [0.15, 0.2) is 0 Å². The molecule has 0 aromatic heterocycles. The first kappa shape index (κ1) is 19.3. The number of benzene rings is 1. The summed E-state index contributed by atoms with van der Waals surface area (Å²) in [5, 5.41) is 3.44. The normalized spacial score (nSPS) is 21.2. The van der Waals surface area contributed by atoms with E-state index in [1.165, 1.54) is 0 Å². The van der Waals surface area contributed by atoms with Crippen LogP contribution in [0.5, 0.6) is 5.75 Å². The van der Waals surface area contributed by atoms with Crippen molar-refractivity contribution < 1.29 is 9.53 Å². The maximum atomic E-state index is 12.4. The van der Waals surface area contributed by atoms with Gasteiger partial charge in [-0.05, 0) is 44.0 Å². The Kier molecular flexibility index (Phi) is 7.66. The lowest BCUT2D eigenvalue weighted by Crippen LogP contribution is -2.55. The van der Waals surface area contributed by atoms with Crippen LogP contribution in [0, 0.1) is 0 Å². The summed E-state index contributed by atoms with van der Waals surface area (Å²) in [6.07, 6.45) is 1.22. The Morgan fingerprint density at radius 2 is 2.00 bits per heavy atom. The van der Waals surface area contributed by atoms with Gasteiger partial charge in [-0.2, -0.15) is 0 Å². The summed E-state index contributed by atoms with van der Waals surface area (Å²) in [6.45, 7) is 5.82. The number of nitrogens with zero attached hydrogens (tertiary/aromatic N) is 1. The van der Waals surface area contributed by atoms with E-state index >= 15 is 0 Å². The molecule has 1 saturated heterocycles. The van der Waals surface area contributed by atoms with E-state index in [1.807, 2.05) is 23.1 Å². The van der Waals surface area contributed by atoms with Crippen LogP contribution in [-0.4, -0.2) is 43.1 Å². The number of ether oxygens (including phenoxy) is 1. The highest BCUT2D eigenvalue weighted by atomic mass is 79.9. The minimum Gasteiger partial charge on any atom is -0.496 e. The number of piperazine rings is 1. The Bertz CT molecular complexity index is 503. The van der Waals surface area contributed by atoms with E-state index in [9.17, 15) is 4.79 Å². The molecular weight excluding hydrogens is 368 g/mol. The molecule has 1 heterocycles. The van der Waals surface area contributed by atoms with E-state index in [-0.39, 0.29) is 18.3 Å². The van der Waals surface area contributed by atoms with Crippen molar-refractivity contribution in [1.82, 2.24) is 10.2 Å². The van der Waals surface area contributed by atoms with Gasteiger partial charge in [0.25, 0.3) is 0 Å². The lowest BCUT2D eigenvalue weighted by atomic mass is 10.1. The largest absolute Gasteiger partial charge is 0.496 e. The van der Waals surface area contributed by atoms with E-state index in [0.29, 0.717) is 24.9 Å². The molecule has 2 rings (SSSR count). The molecule has 2 atom stereocenters. The molecule has 1 aromatic carbocycles. The van der Waals surface area contributed by atoms with E-state index in [0.717, 1.165) is 28.9 Å². The van der Waals surface area contributed by atoms with Crippen LogP contribution in [-0.2, 0) is 11.2 Å². The Balaban J connectivity index is 0.00000242. The maximum absolute atomic E-state index is 12.4. The highest BCUT2D eigenvalue weighted by molar-refractivity contribution is 9.10. The average molecular weight is 392 g/mol. The van der Waals surface area contributed by atoms with Gasteiger partial charge in [-0.25, -0.2) is 0 Å². The van der Waals surface area contributed by atoms with Crippen molar-refractivity contribution in [2.45, 2.75) is 38.8 Å². The highest BCUT2D eigenvalue weighted by Crippen LogP contribution is 2.24. The summed E-state index contributed by atoms with van der Waals surface area (Å²) in [6, 6.07) is 6.62. The van der Waals surface area contributed by atoms with Gasteiger partial charge < -0.3 is 15.0 Å². The Morgan fingerprint density at radius 3 is 2.59 bits per heavy atom. The number of amides is 1. The van der Waals surface area contributed by atoms with E-state index in [1.54, 1.807) is 7.11 Å². The molecule has 1 fully saturated rings. The van der Waals surface area contributed by atoms with E-state index < -0.39 is 0 Å². The Labute approximate surface area is 147 Å². The summed E-state index contributed by atoms with van der Waals surface area (Å²) >= 11 is 3.47. The van der Waals surface area contributed by atoms with Crippen LogP contribution in [0.4, 0.5) is 0 Å². The van der Waals surface area contributed by atoms with Crippen molar-refractivity contribution in [2.24, 2.45) is 0 Å². The molecular formula is C16H24BrClN2O2. The fourth-order valence-corrected chi connectivity index (χ4v) is 3.28. The molecule has 0 bridgehead atoms. The van der Waals surface area contributed by atoms with Gasteiger partial charge in [0, 0.05) is 36.1 Å². The molecule has 22 heavy (non-hydrogen) atoms. The predicted molar refractivity (Wildman–Crippen MR) is 94.9 cm³/mol. The van der Waals surface area contributed by atoms with Crippen LogP contribution in [0.1, 0.15) is 25.8 Å². The molecule has 0 saturated carbocycles. The molecule has 1 aliphatic rings. The predicted octanol–water partition coefficient (Wildman–Crippen LogP) is 3.02. The van der Waals surface area contributed by atoms with Crippen LogP contribution in [0.25, 0.3) is 0 Å². The van der Waals surface area contributed by atoms with Crippen molar-refractivity contribution in [2.75, 3.05) is 20.2 Å². The van der Waals surface area contributed by atoms with E-state index in [2.05, 4.69) is 35.1 Å². The third-order valence-corrected chi connectivity index (χ3v) is 4.25. The SMILES string of the molecule is COc1ccc(Br)cc1CCC(=O)N1CC(C)NC(C)C1.Cl. The maximum Gasteiger partial charge on any atom is 0.223 e. The zero-order chi connectivity index (χ0) is 15.4. The van der Waals surface area contributed by atoms with Crippen molar-refractivity contribution >= 4 is 34.2 Å². The molecule has 1 amide bonds. The number of hydrogen-bond acceptors (Lipinski definition) is 3. The number of hydrogen-bond donors (Lipinski definition) is 1. The van der Waals surface area contributed by atoms with Crippen molar-refractivity contribution in [3.63, 3.8) is 0 Å². The molecule has 1 aromatic rings. The Morgan fingerprint density at radius 1 is 1.36 bits per heavy atom. The first-order chi connectivity index (χ1) is 9.99. The second-order valence-electron chi connectivity index (χ2n) is 5.72. The molecule has 2 unspecified atom stereocenters. The van der Waals surface area contributed by atoms with Gasteiger partial charge in [0.1, 0.15) is 5.75 Å². The molecule has 0 spiro atoms. The summed E-state index contributed by atoms with van der Waals surface area (Å²) in [5.74, 6) is 1.06. The third-order valence-electron chi connectivity index (χ3n) is 3.76. The molecule has 6 heteroatoms. The van der Waals surface area contributed by atoms with Gasteiger partial charge in [0.2, 0.25) is 5.91 Å². The molecule has 0 radical (unpaired) electrons. The summed E-state index contributed by atoms with van der Waals surface area (Å²) < 4.78 is 6.37. The monoisotopic (exact) mass is 390 g/mol. The van der Waals surface area contributed by atoms with Crippen molar-refractivity contribution in [3.05, 3.63) is 28.2 Å². The number of nitrogens with one attached hydrogen (secondary N) is 1. The summed E-state index contributed by atoms with van der Waals surface area (Å²) in [4.78, 5) is 14.4. The first-order valence-electron chi connectivity index (χ1n) is 7.36. The zero-order valence-electron chi connectivity index (χ0n) is 13.3. The fraction of sp³-hybridized carbons (Fsp3) is 0.562. The minimum absolute atomic E-state index is 0. The standard InChI is InChI=1S/C16H23BrN2O2.ClH/c1-11-9-19(10-12(2)18-11)16(20)7-4-13-8-14(17)5-6-15(13)21-3;/h5-6,8,11-12,18H,4,7,9-10H2,1-3H3;1H. The number of methoxy groups -OCH3 is 1. The van der Waals surface area contributed by atoms with Crippen LogP contribution in [0.15, 0.2) is 22.7 Å². The number of carbonyl (C=O) groups excluding carboxylic acids is 1. The van der Waals surface area contributed by atoms with Crippen LogP contribution >= 0.6 is 28.3 Å². The van der Waals surface area contributed by atoms with Gasteiger partial charge in [-0.3, -0.25) is 4.79 Å². The summed E-state index contributed by atoms with van der Waals surface area (Å²) in [5.41, 5.74) is 1.07. The second-order valence-corrected chi connectivity index (χ2v) is 6.64. The lowest BCUT2D eigenvalue weighted by Gasteiger charge is -2.36. The van der Waals surface area contributed by atoms with Crippen molar-refractivity contribution in [3.8, 4) is 5.75 Å². The number of rotatable bonds is 4. The lowest BCUT2D eigenvalue weighted by molar-refractivity contribution is -0.132. The molecule has 1 N–H and O–H groups in total. The smallest absolute Gasteiger partial charge is 0.223 e. The average Bonchev–Trinajstić information content (AvgIpc) is 2.43. The minimum atomic E-state index is 0. The van der Waals surface area contributed by atoms with Gasteiger partial charge in [-0.1, -0.05) is 15.9 Å². The molecule has 124 valence electrons. The highest BCUT2D eigenvalue weighted by Gasteiger charge is 2.24. The molecule has 1 aliphatic heterocycles. The number of halogens is 2.